The molecule has 0 radical (unpaired) electrons. The SMILES string of the molecule is CNCc1ccccc1Pc1cccc(-c2ccccc2)c1O. The van der Waals surface area contributed by atoms with Crippen LogP contribution in [-0.2, 0) is 6.54 Å². The van der Waals surface area contributed by atoms with Crippen LogP contribution in [0.3, 0.4) is 0 Å². The molecule has 2 nitrogen and oxygen atoms in total. The second-order valence-electron chi connectivity index (χ2n) is 5.38. The Labute approximate surface area is 139 Å². The minimum atomic E-state index is 0.385. The van der Waals surface area contributed by atoms with E-state index in [9.17, 15) is 5.11 Å². The molecular formula is C20H20NOP. The Morgan fingerprint density at radius 2 is 1.52 bits per heavy atom. The molecule has 0 aliphatic rings. The average molecular weight is 321 g/mol. The number of phenols is 1. The summed E-state index contributed by atoms with van der Waals surface area (Å²) in [5.74, 6) is 0.385. The molecule has 0 saturated carbocycles. The van der Waals surface area contributed by atoms with Crippen LogP contribution >= 0.6 is 8.58 Å². The van der Waals surface area contributed by atoms with Gasteiger partial charge in [0, 0.05) is 17.4 Å². The molecule has 3 heteroatoms. The summed E-state index contributed by atoms with van der Waals surface area (Å²) in [5, 5.41) is 16.2. The molecule has 0 fully saturated rings. The van der Waals surface area contributed by atoms with Crippen molar-refractivity contribution in [2.75, 3.05) is 7.05 Å². The van der Waals surface area contributed by atoms with Gasteiger partial charge in [0.1, 0.15) is 5.75 Å². The van der Waals surface area contributed by atoms with E-state index in [1.165, 1.54) is 10.9 Å². The van der Waals surface area contributed by atoms with Gasteiger partial charge < -0.3 is 10.4 Å². The van der Waals surface area contributed by atoms with E-state index >= 15 is 0 Å². The maximum Gasteiger partial charge on any atom is 0.131 e. The third-order valence-electron chi connectivity index (χ3n) is 3.77. The third kappa shape index (κ3) is 3.61. The Morgan fingerprint density at radius 1 is 0.826 bits per heavy atom. The Balaban J connectivity index is 1.96. The topological polar surface area (TPSA) is 32.3 Å². The van der Waals surface area contributed by atoms with Crippen LogP contribution in [0.2, 0.25) is 0 Å². The number of para-hydroxylation sites is 1. The number of hydrogen-bond acceptors (Lipinski definition) is 2. The molecule has 3 rings (SSSR count). The molecule has 3 aromatic rings. The van der Waals surface area contributed by atoms with E-state index in [-0.39, 0.29) is 0 Å². The van der Waals surface area contributed by atoms with E-state index in [2.05, 4.69) is 29.6 Å². The Bertz CT molecular complexity index is 787. The molecule has 0 aliphatic heterocycles. The summed E-state index contributed by atoms with van der Waals surface area (Å²) in [6, 6.07) is 24.4. The van der Waals surface area contributed by atoms with E-state index < -0.39 is 0 Å². The first-order valence-electron chi connectivity index (χ1n) is 7.66. The molecule has 2 N–H and O–H groups in total. The van der Waals surface area contributed by atoms with Gasteiger partial charge in [-0.1, -0.05) is 81.4 Å². The van der Waals surface area contributed by atoms with Crippen LogP contribution in [0, 0.1) is 0 Å². The predicted octanol–water partition coefficient (Wildman–Crippen LogP) is 3.41. The number of phenolic OH excluding ortho intramolecular Hbond substituents is 1. The Hall–Kier alpha value is -2.15. The standard InChI is InChI=1S/C20H20NOP/c1-21-14-16-10-5-6-12-18(16)23-19-13-7-11-17(20(19)22)15-8-3-2-4-9-15/h2-13,21-23H,14H2,1H3. The van der Waals surface area contributed by atoms with E-state index in [1.54, 1.807) is 0 Å². The highest BCUT2D eigenvalue weighted by Crippen LogP contribution is 2.31. The zero-order valence-electron chi connectivity index (χ0n) is 13.1. The molecule has 0 bridgehead atoms. The van der Waals surface area contributed by atoms with Crippen LogP contribution in [0.5, 0.6) is 5.75 Å². The van der Waals surface area contributed by atoms with Crippen LogP contribution in [0.25, 0.3) is 11.1 Å². The first-order chi connectivity index (χ1) is 11.3. The molecule has 3 aromatic carbocycles. The van der Waals surface area contributed by atoms with E-state index in [1.807, 2.05) is 55.6 Å². The second kappa shape index (κ2) is 7.41. The van der Waals surface area contributed by atoms with Crippen molar-refractivity contribution in [3.05, 3.63) is 78.4 Å². The van der Waals surface area contributed by atoms with Gasteiger partial charge in [0.05, 0.1) is 0 Å². The van der Waals surface area contributed by atoms with Crippen LogP contribution in [0.4, 0.5) is 0 Å². The zero-order chi connectivity index (χ0) is 16.1. The molecule has 116 valence electrons. The van der Waals surface area contributed by atoms with Gasteiger partial charge in [-0.3, -0.25) is 0 Å². The molecule has 0 amide bonds. The van der Waals surface area contributed by atoms with Crippen molar-refractivity contribution < 1.29 is 5.11 Å². The van der Waals surface area contributed by atoms with Gasteiger partial charge in [-0.15, -0.1) is 0 Å². The lowest BCUT2D eigenvalue weighted by Crippen LogP contribution is -2.15. The van der Waals surface area contributed by atoms with Crippen molar-refractivity contribution in [1.29, 1.82) is 0 Å². The fraction of sp³-hybridized carbons (Fsp3) is 0.100. The summed E-state index contributed by atoms with van der Waals surface area (Å²) in [6.45, 7) is 0.836. The summed E-state index contributed by atoms with van der Waals surface area (Å²) < 4.78 is 0. The molecule has 1 unspecified atom stereocenters. The van der Waals surface area contributed by atoms with Crippen molar-refractivity contribution in [2.24, 2.45) is 0 Å². The molecule has 0 aromatic heterocycles. The van der Waals surface area contributed by atoms with Gasteiger partial charge in [-0.25, -0.2) is 0 Å². The summed E-state index contributed by atoms with van der Waals surface area (Å²) in [7, 11) is 2.39. The van der Waals surface area contributed by atoms with Crippen LogP contribution < -0.4 is 15.9 Å². The first kappa shape index (κ1) is 15.7. The van der Waals surface area contributed by atoms with Gasteiger partial charge in [0.25, 0.3) is 0 Å². The Kier molecular flexibility index (Phi) is 5.07. The van der Waals surface area contributed by atoms with E-state index in [4.69, 9.17) is 0 Å². The fourth-order valence-corrected chi connectivity index (χ4v) is 3.86. The minimum absolute atomic E-state index is 0.385. The summed E-state index contributed by atoms with van der Waals surface area (Å²) in [6.07, 6.45) is 0. The largest absolute Gasteiger partial charge is 0.507 e. The normalized spacial score (nSPS) is 11.2. The highest BCUT2D eigenvalue weighted by molar-refractivity contribution is 7.55. The monoisotopic (exact) mass is 321 g/mol. The highest BCUT2D eigenvalue weighted by atomic mass is 31.1. The number of rotatable bonds is 5. The summed E-state index contributed by atoms with van der Waals surface area (Å²) in [4.78, 5) is 0. The number of aromatic hydroxyl groups is 1. The minimum Gasteiger partial charge on any atom is -0.507 e. The highest BCUT2D eigenvalue weighted by Gasteiger charge is 2.11. The zero-order valence-corrected chi connectivity index (χ0v) is 14.1. The second-order valence-corrected chi connectivity index (χ2v) is 6.71. The first-order valence-corrected chi connectivity index (χ1v) is 8.66. The number of hydrogen-bond donors (Lipinski definition) is 2. The molecule has 0 saturated heterocycles. The smallest absolute Gasteiger partial charge is 0.131 e. The van der Waals surface area contributed by atoms with Gasteiger partial charge in [-0.2, -0.15) is 0 Å². The Morgan fingerprint density at radius 3 is 2.30 bits per heavy atom. The summed E-state index contributed by atoms with van der Waals surface area (Å²) in [5.41, 5.74) is 3.21. The molecule has 0 heterocycles. The van der Waals surface area contributed by atoms with Gasteiger partial charge in [0.2, 0.25) is 0 Å². The van der Waals surface area contributed by atoms with Crippen LogP contribution in [0.15, 0.2) is 72.8 Å². The fourth-order valence-electron chi connectivity index (χ4n) is 2.63. The maximum atomic E-state index is 10.7. The molecule has 23 heavy (non-hydrogen) atoms. The average Bonchev–Trinajstić information content (AvgIpc) is 2.59. The van der Waals surface area contributed by atoms with E-state index in [0.29, 0.717) is 14.3 Å². The molecule has 1 atom stereocenters. The third-order valence-corrected chi connectivity index (χ3v) is 5.20. The lowest BCUT2D eigenvalue weighted by Gasteiger charge is -2.13. The van der Waals surface area contributed by atoms with Crippen LogP contribution in [0.1, 0.15) is 5.56 Å². The number of benzene rings is 3. The molecular weight excluding hydrogens is 301 g/mol. The van der Waals surface area contributed by atoms with Gasteiger partial charge in [0.15, 0.2) is 0 Å². The van der Waals surface area contributed by atoms with Crippen molar-refractivity contribution in [3.8, 4) is 16.9 Å². The maximum absolute atomic E-state index is 10.7. The van der Waals surface area contributed by atoms with Gasteiger partial charge in [-0.05, 0) is 23.5 Å². The van der Waals surface area contributed by atoms with Crippen LogP contribution in [-0.4, -0.2) is 12.2 Å². The van der Waals surface area contributed by atoms with Crippen molar-refractivity contribution in [2.45, 2.75) is 6.54 Å². The van der Waals surface area contributed by atoms with E-state index in [0.717, 1.165) is 23.0 Å². The van der Waals surface area contributed by atoms with Crippen molar-refractivity contribution in [1.82, 2.24) is 5.32 Å². The van der Waals surface area contributed by atoms with Crippen molar-refractivity contribution >= 4 is 19.2 Å². The predicted molar refractivity (Wildman–Crippen MR) is 100 cm³/mol. The summed E-state index contributed by atoms with van der Waals surface area (Å²) >= 11 is 0. The quantitative estimate of drug-likeness (QED) is 0.706. The molecule has 0 spiro atoms. The van der Waals surface area contributed by atoms with Crippen molar-refractivity contribution in [3.63, 3.8) is 0 Å². The van der Waals surface area contributed by atoms with Gasteiger partial charge >= 0.3 is 0 Å². The lowest BCUT2D eigenvalue weighted by molar-refractivity contribution is 0.482. The molecule has 0 aliphatic carbocycles. The number of nitrogens with one attached hydrogen (secondary N) is 1. The lowest BCUT2D eigenvalue weighted by atomic mass is 10.1.